The average Bonchev–Trinajstić information content (AvgIpc) is 2.26. The molecule has 0 amide bonds. The lowest BCUT2D eigenvalue weighted by molar-refractivity contribution is -0.137. The van der Waals surface area contributed by atoms with Crippen molar-refractivity contribution >= 4 is 21.6 Å². The molecule has 1 aromatic carbocycles. The van der Waals surface area contributed by atoms with Crippen LogP contribution < -0.4 is 4.52 Å². The van der Waals surface area contributed by atoms with Gasteiger partial charge in [0.2, 0.25) is 0 Å². The molecule has 0 fully saturated rings. The maximum Gasteiger partial charge on any atom is 0.539 e. The van der Waals surface area contributed by atoms with Crippen LogP contribution in [0, 0.1) is 0 Å². The van der Waals surface area contributed by atoms with Crippen LogP contribution in [0.1, 0.15) is 6.42 Å². The van der Waals surface area contributed by atoms with Crippen LogP contribution in [0.2, 0.25) is 0 Å². The summed E-state index contributed by atoms with van der Waals surface area (Å²) in [6.45, 7) is -0.598. The van der Waals surface area contributed by atoms with Gasteiger partial charge >= 0.3 is 21.6 Å². The summed E-state index contributed by atoms with van der Waals surface area (Å²) in [4.78, 5) is 27.7. The highest BCUT2D eigenvalue weighted by atomic mass is 31.3. The fourth-order valence-electron chi connectivity index (χ4n) is 1.05. The van der Waals surface area contributed by atoms with E-state index in [-0.39, 0.29) is 5.75 Å². The van der Waals surface area contributed by atoms with Crippen LogP contribution in [-0.4, -0.2) is 27.5 Å². The van der Waals surface area contributed by atoms with Gasteiger partial charge in [-0.3, -0.25) is 9.32 Å². The van der Waals surface area contributed by atoms with Crippen molar-refractivity contribution in [1.29, 1.82) is 0 Å². The molecule has 20 heavy (non-hydrogen) atoms. The number of carboxylic acids is 1. The number of carbonyl (C=O) groups is 1. The Kier molecular flexibility index (Phi) is 5.88. The summed E-state index contributed by atoms with van der Waals surface area (Å²) >= 11 is 0. The van der Waals surface area contributed by atoms with Gasteiger partial charge in [-0.15, -0.1) is 0 Å². The van der Waals surface area contributed by atoms with Gasteiger partial charge in [-0.2, -0.15) is 4.31 Å². The van der Waals surface area contributed by atoms with Crippen LogP contribution in [-0.2, 0) is 22.8 Å². The standard InChI is InChI=1S/C9H12O9P2/c10-9(11)6-7-16-20(15,18-19(12,13)14)17-8-4-2-1-3-5-8/h1-5H,6-7H2,(H,10,11)(H2,12,13,14). The van der Waals surface area contributed by atoms with E-state index in [1.807, 2.05) is 0 Å². The van der Waals surface area contributed by atoms with Crippen LogP contribution in [0.25, 0.3) is 0 Å². The monoisotopic (exact) mass is 326 g/mol. The topological polar surface area (TPSA) is 140 Å². The second-order valence-corrected chi connectivity index (χ2v) is 6.37. The van der Waals surface area contributed by atoms with Crippen molar-refractivity contribution in [3.8, 4) is 5.75 Å². The molecule has 0 aromatic heterocycles. The summed E-state index contributed by atoms with van der Waals surface area (Å²) < 4.78 is 36.1. The highest BCUT2D eigenvalue weighted by Crippen LogP contribution is 2.60. The van der Waals surface area contributed by atoms with Gasteiger partial charge in [0.05, 0.1) is 13.0 Å². The van der Waals surface area contributed by atoms with Crippen LogP contribution in [0.5, 0.6) is 5.75 Å². The Bertz CT molecular complexity index is 538. The first-order chi connectivity index (χ1) is 9.20. The van der Waals surface area contributed by atoms with Gasteiger partial charge in [-0.1, -0.05) is 18.2 Å². The van der Waals surface area contributed by atoms with E-state index in [1.54, 1.807) is 6.07 Å². The fourth-order valence-corrected chi connectivity index (χ4v) is 3.16. The maximum atomic E-state index is 12.0. The normalized spacial score (nSPS) is 14.5. The lowest BCUT2D eigenvalue weighted by Crippen LogP contribution is -2.06. The molecule has 0 heterocycles. The minimum absolute atomic E-state index is 0.0143. The number of carboxylic acid groups (broad SMARTS) is 1. The first kappa shape index (κ1) is 16.8. The molecular weight excluding hydrogens is 314 g/mol. The number of phosphoric ester groups is 1. The summed E-state index contributed by atoms with van der Waals surface area (Å²) in [6, 6.07) is 7.39. The van der Waals surface area contributed by atoms with Gasteiger partial charge in [-0.05, 0) is 12.1 Å². The lowest BCUT2D eigenvalue weighted by atomic mass is 10.3. The molecule has 0 spiro atoms. The number of hydrogen-bond acceptors (Lipinski definition) is 6. The molecular formula is C9H12O9P2. The van der Waals surface area contributed by atoms with E-state index < -0.39 is 34.6 Å². The van der Waals surface area contributed by atoms with Gasteiger partial charge in [0.25, 0.3) is 0 Å². The molecule has 112 valence electrons. The van der Waals surface area contributed by atoms with Crippen LogP contribution in [0.3, 0.4) is 0 Å². The fraction of sp³-hybridized carbons (Fsp3) is 0.222. The van der Waals surface area contributed by atoms with Gasteiger partial charge in [0, 0.05) is 0 Å². The summed E-state index contributed by atoms with van der Waals surface area (Å²) in [7, 11) is -9.79. The number of hydrogen-bond donors (Lipinski definition) is 3. The zero-order valence-corrected chi connectivity index (χ0v) is 11.8. The van der Waals surface area contributed by atoms with E-state index in [9.17, 15) is 13.9 Å². The van der Waals surface area contributed by atoms with Gasteiger partial charge < -0.3 is 19.4 Å². The van der Waals surface area contributed by atoms with E-state index in [4.69, 9.17) is 19.4 Å². The summed E-state index contributed by atoms with van der Waals surface area (Å²) in [5.41, 5.74) is 0. The van der Waals surface area contributed by atoms with E-state index in [0.29, 0.717) is 0 Å². The molecule has 0 bridgehead atoms. The number of benzene rings is 1. The van der Waals surface area contributed by atoms with Crippen LogP contribution in [0.4, 0.5) is 0 Å². The third kappa shape index (κ3) is 6.81. The molecule has 1 unspecified atom stereocenters. The summed E-state index contributed by atoms with van der Waals surface area (Å²) in [5.74, 6) is -1.26. The zero-order valence-electron chi connectivity index (χ0n) is 9.99. The largest absolute Gasteiger partial charge is 0.539 e. The van der Waals surface area contributed by atoms with E-state index in [2.05, 4.69) is 8.83 Å². The Morgan fingerprint density at radius 2 is 1.75 bits per heavy atom. The SMILES string of the molecule is O=C(O)CCOP(=O)(Oc1ccccc1)OP(=O)(O)O. The predicted molar refractivity (Wildman–Crippen MR) is 66.0 cm³/mol. The number of aliphatic carboxylic acids is 1. The zero-order chi connectivity index (χ0) is 15.2. The molecule has 1 atom stereocenters. The third-order valence-electron chi connectivity index (χ3n) is 1.73. The highest BCUT2D eigenvalue weighted by Gasteiger charge is 2.37. The molecule has 9 nitrogen and oxygen atoms in total. The third-order valence-corrected chi connectivity index (χ3v) is 4.32. The Morgan fingerprint density at radius 3 is 2.25 bits per heavy atom. The lowest BCUT2D eigenvalue weighted by Gasteiger charge is -2.18. The number of para-hydroxylation sites is 1. The minimum atomic E-state index is -5.15. The first-order valence-corrected chi connectivity index (χ1v) is 8.17. The summed E-state index contributed by atoms with van der Waals surface area (Å²) in [5, 5.41) is 8.43. The van der Waals surface area contributed by atoms with Gasteiger partial charge in [-0.25, -0.2) is 9.13 Å². The van der Waals surface area contributed by atoms with Crippen molar-refractivity contribution in [3.63, 3.8) is 0 Å². The number of rotatable bonds is 8. The highest BCUT2D eigenvalue weighted by molar-refractivity contribution is 7.61. The Balaban J connectivity index is 2.81. The second-order valence-electron chi connectivity index (χ2n) is 3.40. The van der Waals surface area contributed by atoms with Crippen molar-refractivity contribution in [1.82, 2.24) is 0 Å². The maximum absolute atomic E-state index is 12.0. The predicted octanol–water partition coefficient (Wildman–Crippen LogP) is 1.77. The molecule has 3 N–H and O–H groups in total. The smallest absolute Gasteiger partial charge is 0.481 e. The van der Waals surface area contributed by atoms with Gasteiger partial charge in [0.15, 0.2) is 0 Å². The van der Waals surface area contributed by atoms with E-state index in [1.165, 1.54) is 24.3 Å². The molecule has 0 aliphatic rings. The van der Waals surface area contributed by atoms with Crippen LogP contribution in [0.15, 0.2) is 30.3 Å². The van der Waals surface area contributed by atoms with Crippen molar-refractivity contribution in [3.05, 3.63) is 30.3 Å². The molecule has 0 aliphatic heterocycles. The molecule has 11 heteroatoms. The molecule has 1 rings (SSSR count). The first-order valence-electron chi connectivity index (χ1n) is 5.18. The minimum Gasteiger partial charge on any atom is -0.481 e. The van der Waals surface area contributed by atoms with Crippen LogP contribution >= 0.6 is 15.6 Å². The van der Waals surface area contributed by atoms with Gasteiger partial charge in [0.1, 0.15) is 5.75 Å². The van der Waals surface area contributed by atoms with Crippen molar-refractivity contribution in [2.24, 2.45) is 0 Å². The molecule has 0 saturated carbocycles. The summed E-state index contributed by atoms with van der Waals surface area (Å²) in [6.07, 6.45) is -0.535. The van der Waals surface area contributed by atoms with E-state index >= 15 is 0 Å². The average molecular weight is 326 g/mol. The molecule has 0 saturated heterocycles. The molecule has 0 radical (unpaired) electrons. The van der Waals surface area contributed by atoms with E-state index in [0.717, 1.165) is 0 Å². The van der Waals surface area contributed by atoms with Crippen molar-refractivity contribution < 1.29 is 42.2 Å². The Hall–Kier alpha value is -1.21. The molecule has 0 aliphatic carbocycles. The quantitative estimate of drug-likeness (QED) is 0.609. The van der Waals surface area contributed by atoms with Crippen molar-refractivity contribution in [2.75, 3.05) is 6.61 Å². The molecule has 1 aromatic rings. The number of phosphoric acid groups is 2. The second kappa shape index (κ2) is 6.99. The Labute approximate surface area is 114 Å². The van der Waals surface area contributed by atoms with Crippen molar-refractivity contribution in [2.45, 2.75) is 6.42 Å². The Morgan fingerprint density at radius 1 is 1.15 bits per heavy atom.